The molecule has 1 heterocycles. The SMILES string of the molecule is CCC1(CC)CN(Cc2cc(F)ccc2C)CCN1. The number of benzene rings is 1. The maximum absolute atomic E-state index is 13.4. The minimum absolute atomic E-state index is 0.131. The minimum atomic E-state index is -0.131. The second-order valence-electron chi connectivity index (χ2n) is 5.70. The van der Waals surface area contributed by atoms with Crippen molar-refractivity contribution in [2.75, 3.05) is 19.6 Å². The Bertz CT molecular complexity index is 427. The molecule has 0 aromatic heterocycles. The van der Waals surface area contributed by atoms with Crippen molar-refractivity contribution in [1.82, 2.24) is 10.2 Å². The van der Waals surface area contributed by atoms with Crippen molar-refractivity contribution in [2.45, 2.75) is 45.7 Å². The van der Waals surface area contributed by atoms with Crippen LogP contribution < -0.4 is 5.32 Å². The zero-order chi connectivity index (χ0) is 13.9. The molecule has 1 fully saturated rings. The molecule has 0 bridgehead atoms. The second kappa shape index (κ2) is 6.02. The third-order valence-electron chi connectivity index (χ3n) is 4.51. The Morgan fingerprint density at radius 1 is 1.32 bits per heavy atom. The molecule has 0 amide bonds. The number of hydrogen-bond donors (Lipinski definition) is 1. The third kappa shape index (κ3) is 3.34. The quantitative estimate of drug-likeness (QED) is 0.899. The van der Waals surface area contributed by atoms with Crippen molar-refractivity contribution < 1.29 is 4.39 Å². The van der Waals surface area contributed by atoms with Crippen LogP contribution in [0.5, 0.6) is 0 Å². The average Bonchev–Trinajstić information content (AvgIpc) is 2.43. The van der Waals surface area contributed by atoms with Gasteiger partial charge in [0.05, 0.1) is 0 Å². The summed E-state index contributed by atoms with van der Waals surface area (Å²) in [5.41, 5.74) is 2.53. The molecule has 1 saturated heterocycles. The van der Waals surface area contributed by atoms with Gasteiger partial charge in [0, 0.05) is 31.7 Å². The summed E-state index contributed by atoms with van der Waals surface area (Å²) < 4.78 is 13.4. The maximum Gasteiger partial charge on any atom is 0.123 e. The second-order valence-corrected chi connectivity index (χ2v) is 5.70. The van der Waals surface area contributed by atoms with Gasteiger partial charge in [0.2, 0.25) is 0 Å². The highest BCUT2D eigenvalue weighted by Crippen LogP contribution is 2.22. The van der Waals surface area contributed by atoms with E-state index in [0.717, 1.165) is 44.6 Å². The molecule has 106 valence electrons. The van der Waals surface area contributed by atoms with Gasteiger partial charge < -0.3 is 5.32 Å². The monoisotopic (exact) mass is 264 g/mol. The Labute approximate surface area is 116 Å². The van der Waals surface area contributed by atoms with Crippen molar-refractivity contribution in [3.8, 4) is 0 Å². The molecule has 0 spiro atoms. The van der Waals surface area contributed by atoms with Crippen LogP contribution in [0.3, 0.4) is 0 Å². The van der Waals surface area contributed by atoms with Crippen molar-refractivity contribution in [3.05, 3.63) is 35.1 Å². The molecule has 1 aromatic carbocycles. The van der Waals surface area contributed by atoms with Crippen molar-refractivity contribution in [1.29, 1.82) is 0 Å². The Kier molecular flexibility index (Phi) is 4.58. The number of halogens is 1. The van der Waals surface area contributed by atoms with Crippen LogP contribution in [-0.4, -0.2) is 30.1 Å². The first-order valence-corrected chi connectivity index (χ1v) is 7.31. The summed E-state index contributed by atoms with van der Waals surface area (Å²) >= 11 is 0. The smallest absolute Gasteiger partial charge is 0.123 e. The lowest BCUT2D eigenvalue weighted by atomic mass is 9.90. The molecule has 3 heteroatoms. The molecule has 1 aromatic rings. The average molecular weight is 264 g/mol. The zero-order valence-corrected chi connectivity index (χ0v) is 12.3. The molecule has 1 aliphatic heterocycles. The fourth-order valence-corrected chi connectivity index (χ4v) is 2.95. The van der Waals surface area contributed by atoms with Gasteiger partial charge in [-0.15, -0.1) is 0 Å². The van der Waals surface area contributed by atoms with E-state index in [0.29, 0.717) is 0 Å². The van der Waals surface area contributed by atoms with Gasteiger partial charge in [-0.05, 0) is 43.0 Å². The Morgan fingerprint density at radius 3 is 2.74 bits per heavy atom. The van der Waals surface area contributed by atoms with Gasteiger partial charge in [0.15, 0.2) is 0 Å². The molecule has 2 nitrogen and oxygen atoms in total. The molecule has 0 unspecified atom stereocenters. The van der Waals surface area contributed by atoms with Crippen LogP contribution in [0, 0.1) is 12.7 Å². The summed E-state index contributed by atoms with van der Waals surface area (Å²) in [5.74, 6) is -0.131. The lowest BCUT2D eigenvalue weighted by Gasteiger charge is -2.43. The largest absolute Gasteiger partial charge is 0.309 e. The van der Waals surface area contributed by atoms with Crippen LogP contribution in [0.25, 0.3) is 0 Å². The Balaban J connectivity index is 2.08. The number of nitrogens with one attached hydrogen (secondary N) is 1. The third-order valence-corrected chi connectivity index (χ3v) is 4.51. The number of rotatable bonds is 4. The summed E-state index contributed by atoms with van der Waals surface area (Å²) in [5, 5.41) is 3.66. The van der Waals surface area contributed by atoms with Crippen LogP contribution >= 0.6 is 0 Å². The number of hydrogen-bond acceptors (Lipinski definition) is 2. The highest BCUT2D eigenvalue weighted by molar-refractivity contribution is 5.26. The summed E-state index contributed by atoms with van der Waals surface area (Å²) in [6.45, 7) is 10.5. The van der Waals surface area contributed by atoms with E-state index in [-0.39, 0.29) is 11.4 Å². The number of aryl methyl sites for hydroxylation is 1. The molecule has 19 heavy (non-hydrogen) atoms. The molecule has 0 radical (unpaired) electrons. The van der Waals surface area contributed by atoms with Crippen molar-refractivity contribution in [2.24, 2.45) is 0 Å². The van der Waals surface area contributed by atoms with Gasteiger partial charge in [-0.3, -0.25) is 4.90 Å². The molecule has 1 N–H and O–H groups in total. The number of nitrogens with zero attached hydrogens (tertiary/aromatic N) is 1. The van der Waals surface area contributed by atoms with Gasteiger partial charge >= 0.3 is 0 Å². The molecule has 0 saturated carbocycles. The number of piperazine rings is 1. The molecular formula is C16H25FN2. The van der Waals surface area contributed by atoms with E-state index in [9.17, 15) is 4.39 Å². The van der Waals surface area contributed by atoms with Crippen LogP contribution in [0.1, 0.15) is 37.8 Å². The highest BCUT2D eigenvalue weighted by atomic mass is 19.1. The molecule has 0 aliphatic carbocycles. The van der Waals surface area contributed by atoms with Crippen LogP contribution in [-0.2, 0) is 6.54 Å². The summed E-state index contributed by atoms with van der Waals surface area (Å²) in [6, 6.07) is 5.09. The van der Waals surface area contributed by atoms with E-state index in [4.69, 9.17) is 0 Å². The van der Waals surface area contributed by atoms with Gasteiger partial charge in [-0.25, -0.2) is 4.39 Å². The van der Waals surface area contributed by atoms with Gasteiger partial charge in [-0.1, -0.05) is 19.9 Å². The lowest BCUT2D eigenvalue weighted by Crippen LogP contribution is -2.59. The van der Waals surface area contributed by atoms with Crippen LogP contribution in [0.4, 0.5) is 4.39 Å². The Morgan fingerprint density at radius 2 is 2.05 bits per heavy atom. The normalized spacial score (nSPS) is 19.6. The Hall–Kier alpha value is -0.930. The van der Waals surface area contributed by atoms with Crippen LogP contribution in [0.2, 0.25) is 0 Å². The van der Waals surface area contributed by atoms with Gasteiger partial charge in [0.25, 0.3) is 0 Å². The lowest BCUT2D eigenvalue weighted by molar-refractivity contribution is 0.118. The molecule has 0 atom stereocenters. The zero-order valence-electron chi connectivity index (χ0n) is 12.3. The van der Waals surface area contributed by atoms with E-state index in [1.807, 2.05) is 6.07 Å². The molecule has 2 rings (SSSR count). The fraction of sp³-hybridized carbons (Fsp3) is 0.625. The van der Waals surface area contributed by atoms with E-state index < -0.39 is 0 Å². The topological polar surface area (TPSA) is 15.3 Å². The fourth-order valence-electron chi connectivity index (χ4n) is 2.95. The highest BCUT2D eigenvalue weighted by Gasteiger charge is 2.31. The summed E-state index contributed by atoms with van der Waals surface area (Å²) in [6.07, 6.45) is 2.28. The molecule has 1 aliphatic rings. The van der Waals surface area contributed by atoms with E-state index in [1.54, 1.807) is 12.1 Å². The predicted molar refractivity (Wildman–Crippen MR) is 77.7 cm³/mol. The first-order valence-electron chi connectivity index (χ1n) is 7.31. The standard InChI is InChI=1S/C16H25FN2/c1-4-16(5-2)12-19(9-8-18-16)11-14-10-15(17)7-6-13(14)3/h6-7,10,18H,4-5,8-9,11-12H2,1-3H3. The van der Waals surface area contributed by atoms with Crippen molar-refractivity contribution in [3.63, 3.8) is 0 Å². The molecular weight excluding hydrogens is 239 g/mol. The van der Waals surface area contributed by atoms with E-state index >= 15 is 0 Å². The summed E-state index contributed by atoms with van der Waals surface area (Å²) in [4.78, 5) is 2.45. The predicted octanol–water partition coefficient (Wildman–Crippen LogP) is 3.10. The minimum Gasteiger partial charge on any atom is -0.309 e. The maximum atomic E-state index is 13.4. The van der Waals surface area contributed by atoms with Gasteiger partial charge in [-0.2, -0.15) is 0 Å². The van der Waals surface area contributed by atoms with E-state index in [1.165, 1.54) is 5.56 Å². The summed E-state index contributed by atoms with van der Waals surface area (Å²) in [7, 11) is 0. The van der Waals surface area contributed by atoms with Gasteiger partial charge in [0.1, 0.15) is 5.82 Å². The van der Waals surface area contributed by atoms with Crippen LogP contribution in [0.15, 0.2) is 18.2 Å². The first-order chi connectivity index (χ1) is 9.08. The first kappa shape index (κ1) is 14.5. The van der Waals surface area contributed by atoms with E-state index in [2.05, 4.69) is 31.0 Å². The van der Waals surface area contributed by atoms with Crippen molar-refractivity contribution >= 4 is 0 Å².